The van der Waals surface area contributed by atoms with Gasteiger partial charge in [0.2, 0.25) is 5.91 Å². The Balaban J connectivity index is 1.71. The first-order valence-corrected chi connectivity index (χ1v) is 7.33. The highest BCUT2D eigenvalue weighted by atomic mass is 35.5. The Labute approximate surface area is 123 Å². The van der Waals surface area contributed by atoms with Gasteiger partial charge in [0.1, 0.15) is 0 Å². The highest BCUT2D eigenvalue weighted by molar-refractivity contribution is 6.31. The van der Waals surface area contributed by atoms with E-state index >= 15 is 0 Å². The molecule has 20 heavy (non-hydrogen) atoms. The summed E-state index contributed by atoms with van der Waals surface area (Å²) in [7, 11) is 0. The van der Waals surface area contributed by atoms with E-state index in [1.54, 1.807) is 24.3 Å². The van der Waals surface area contributed by atoms with Gasteiger partial charge in [-0.2, -0.15) is 0 Å². The Kier molecular flexibility index (Phi) is 3.76. The number of amides is 1. The first-order chi connectivity index (χ1) is 9.65. The SMILES string of the molecule is O=C(CN1CCCC2C(=O)NCC21)c1cccc(Cl)c1. The number of nitrogens with one attached hydrogen (secondary N) is 1. The number of halogens is 1. The van der Waals surface area contributed by atoms with Crippen LogP contribution in [-0.2, 0) is 4.79 Å². The Morgan fingerprint density at radius 1 is 1.45 bits per heavy atom. The van der Waals surface area contributed by atoms with Crippen LogP contribution >= 0.6 is 11.6 Å². The zero-order chi connectivity index (χ0) is 14.1. The van der Waals surface area contributed by atoms with Crippen molar-refractivity contribution in [3.05, 3.63) is 34.9 Å². The van der Waals surface area contributed by atoms with Crippen molar-refractivity contribution in [2.75, 3.05) is 19.6 Å². The Bertz CT molecular complexity index is 546. The average Bonchev–Trinajstić information content (AvgIpc) is 2.82. The van der Waals surface area contributed by atoms with Crippen LogP contribution in [0.25, 0.3) is 0 Å². The lowest BCUT2D eigenvalue weighted by molar-refractivity contribution is -0.124. The number of hydrogen-bond acceptors (Lipinski definition) is 3. The number of piperidine rings is 1. The number of nitrogens with zero attached hydrogens (tertiary/aromatic N) is 1. The van der Waals surface area contributed by atoms with Gasteiger partial charge in [-0.25, -0.2) is 0 Å². The topological polar surface area (TPSA) is 49.4 Å². The molecule has 0 radical (unpaired) electrons. The van der Waals surface area contributed by atoms with Crippen molar-refractivity contribution in [1.82, 2.24) is 10.2 Å². The minimum Gasteiger partial charge on any atom is -0.354 e. The van der Waals surface area contributed by atoms with E-state index in [1.807, 2.05) is 0 Å². The standard InChI is InChI=1S/C15H17ClN2O2/c16-11-4-1-3-10(7-11)14(19)9-18-6-2-5-12-13(18)8-17-15(12)20/h1,3-4,7,12-13H,2,5-6,8-9H2,(H,17,20). The second-order valence-corrected chi connectivity index (χ2v) is 5.90. The largest absolute Gasteiger partial charge is 0.354 e. The van der Waals surface area contributed by atoms with Gasteiger partial charge >= 0.3 is 0 Å². The van der Waals surface area contributed by atoms with Crippen LogP contribution in [0.2, 0.25) is 5.02 Å². The quantitative estimate of drug-likeness (QED) is 0.863. The van der Waals surface area contributed by atoms with E-state index in [1.165, 1.54) is 0 Å². The van der Waals surface area contributed by atoms with E-state index in [4.69, 9.17) is 11.6 Å². The molecule has 1 amide bonds. The van der Waals surface area contributed by atoms with Gasteiger partial charge < -0.3 is 5.32 Å². The summed E-state index contributed by atoms with van der Waals surface area (Å²) in [6.07, 6.45) is 1.90. The molecule has 2 aliphatic heterocycles. The van der Waals surface area contributed by atoms with Crippen LogP contribution in [0.4, 0.5) is 0 Å². The van der Waals surface area contributed by atoms with Gasteiger partial charge in [-0.15, -0.1) is 0 Å². The minimum atomic E-state index is 0.0518. The Morgan fingerprint density at radius 3 is 3.10 bits per heavy atom. The van der Waals surface area contributed by atoms with Gasteiger partial charge in [0.25, 0.3) is 0 Å². The molecule has 1 aromatic rings. The van der Waals surface area contributed by atoms with Crippen LogP contribution in [0, 0.1) is 5.92 Å². The molecule has 1 aromatic carbocycles. The van der Waals surface area contributed by atoms with Crippen molar-refractivity contribution in [3.8, 4) is 0 Å². The van der Waals surface area contributed by atoms with E-state index < -0.39 is 0 Å². The summed E-state index contributed by atoms with van der Waals surface area (Å²) in [4.78, 5) is 26.2. The van der Waals surface area contributed by atoms with Crippen molar-refractivity contribution in [3.63, 3.8) is 0 Å². The summed E-state index contributed by atoms with van der Waals surface area (Å²) in [5.74, 6) is 0.248. The van der Waals surface area contributed by atoms with Gasteiger partial charge in [-0.3, -0.25) is 14.5 Å². The summed E-state index contributed by atoms with van der Waals surface area (Å²) < 4.78 is 0. The fourth-order valence-corrected chi connectivity index (χ4v) is 3.36. The van der Waals surface area contributed by atoms with E-state index in [-0.39, 0.29) is 23.7 Å². The Morgan fingerprint density at radius 2 is 2.30 bits per heavy atom. The first-order valence-electron chi connectivity index (χ1n) is 6.95. The summed E-state index contributed by atoms with van der Waals surface area (Å²) in [5, 5.41) is 3.47. The molecule has 2 heterocycles. The summed E-state index contributed by atoms with van der Waals surface area (Å²) >= 11 is 5.92. The lowest BCUT2D eigenvalue weighted by atomic mass is 9.91. The molecule has 0 aromatic heterocycles. The molecule has 0 bridgehead atoms. The van der Waals surface area contributed by atoms with Crippen molar-refractivity contribution in [2.45, 2.75) is 18.9 Å². The number of Topliss-reactive ketones (excluding diaryl/α,β-unsaturated/α-hetero) is 1. The molecule has 4 nitrogen and oxygen atoms in total. The molecule has 1 N–H and O–H groups in total. The lowest BCUT2D eigenvalue weighted by Crippen LogP contribution is -2.47. The second-order valence-electron chi connectivity index (χ2n) is 5.47. The van der Waals surface area contributed by atoms with Gasteiger partial charge in [0.15, 0.2) is 5.78 Å². The van der Waals surface area contributed by atoms with E-state index in [0.717, 1.165) is 19.4 Å². The molecular weight excluding hydrogens is 276 g/mol. The third kappa shape index (κ3) is 2.58. The monoisotopic (exact) mass is 292 g/mol. The fraction of sp³-hybridized carbons (Fsp3) is 0.467. The van der Waals surface area contributed by atoms with Gasteiger partial charge in [0.05, 0.1) is 12.5 Å². The molecule has 2 aliphatic rings. The maximum absolute atomic E-state index is 12.3. The number of ketones is 1. The number of hydrogen-bond donors (Lipinski definition) is 1. The normalized spacial score (nSPS) is 26.1. The van der Waals surface area contributed by atoms with Crippen molar-refractivity contribution in [1.29, 1.82) is 0 Å². The van der Waals surface area contributed by atoms with Gasteiger partial charge in [0, 0.05) is 23.2 Å². The Hall–Kier alpha value is -1.39. The minimum absolute atomic E-state index is 0.0518. The molecule has 0 spiro atoms. The number of benzene rings is 1. The summed E-state index contributed by atoms with van der Waals surface area (Å²) in [5.41, 5.74) is 0.636. The number of likely N-dealkylation sites (tertiary alicyclic amines) is 1. The maximum Gasteiger partial charge on any atom is 0.224 e. The molecule has 5 heteroatoms. The molecule has 0 saturated carbocycles. The van der Waals surface area contributed by atoms with E-state index in [2.05, 4.69) is 10.2 Å². The fourth-order valence-electron chi connectivity index (χ4n) is 3.17. The van der Waals surface area contributed by atoms with Crippen molar-refractivity contribution >= 4 is 23.3 Å². The van der Waals surface area contributed by atoms with Crippen LogP contribution in [0.5, 0.6) is 0 Å². The predicted molar refractivity (Wildman–Crippen MR) is 76.9 cm³/mol. The molecule has 2 fully saturated rings. The second kappa shape index (κ2) is 5.54. The zero-order valence-electron chi connectivity index (χ0n) is 11.1. The molecule has 2 saturated heterocycles. The molecular formula is C15H17ClN2O2. The third-order valence-electron chi connectivity index (χ3n) is 4.21. The lowest BCUT2D eigenvalue weighted by Gasteiger charge is -2.35. The van der Waals surface area contributed by atoms with Crippen LogP contribution in [0.3, 0.4) is 0 Å². The zero-order valence-corrected chi connectivity index (χ0v) is 11.9. The number of carbonyl (C=O) groups is 2. The van der Waals surface area contributed by atoms with Crippen molar-refractivity contribution < 1.29 is 9.59 Å². The highest BCUT2D eigenvalue weighted by Gasteiger charge is 2.41. The maximum atomic E-state index is 12.3. The predicted octanol–water partition coefficient (Wildman–Crippen LogP) is 1.73. The van der Waals surface area contributed by atoms with Crippen molar-refractivity contribution in [2.24, 2.45) is 5.92 Å². The van der Waals surface area contributed by atoms with Crippen LogP contribution in [0.1, 0.15) is 23.2 Å². The molecule has 0 aliphatic carbocycles. The molecule has 3 rings (SSSR count). The summed E-state index contributed by atoms with van der Waals surface area (Å²) in [6, 6.07) is 7.19. The van der Waals surface area contributed by atoms with Crippen LogP contribution < -0.4 is 5.32 Å². The van der Waals surface area contributed by atoms with Gasteiger partial charge in [-0.05, 0) is 31.5 Å². The van der Waals surface area contributed by atoms with Gasteiger partial charge in [-0.1, -0.05) is 23.7 Å². The highest BCUT2D eigenvalue weighted by Crippen LogP contribution is 2.27. The van der Waals surface area contributed by atoms with E-state index in [9.17, 15) is 9.59 Å². The summed E-state index contributed by atoms with van der Waals surface area (Å²) in [6.45, 7) is 1.89. The van der Waals surface area contributed by atoms with E-state index in [0.29, 0.717) is 23.7 Å². The number of fused-ring (bicyclic) bond motifs is 1. The molecule has 2 unspecified atom stereocenters. The van der Waals surface area contributed by atoms with Crippen LogP contribution in [0.15, 0.2) is 24.3 Å². The first kappa shape index (κ1) is 13.6. The number of carbonyl (C=O) groups excluding carboxylic acids is 2. The smallest absolute Gasteiger partial charge is 0.224 e. The third-order valence-corrected chi connectivity index (χ3v) is 4.44. The average molecular weight is 293 g/mol. The number of rotatable bonds is 3. The van der Waals surface area contributed by atoms with Crippen LogP contribution in [-0.4, -0.2) is 42.3 Å². The molecule has 106 valence electrons. The molecule has 2 atom stereocenters.